The van der Waals surface area contributed by atoms with Crippen LogP contribution in [0.15, 0.2) is 49.1 Å². The molecule has 96 valence electrons. The molecule has 0 aliphatic heterocycles. The zero-order valence-corrected chi connectivity index (χ0v) is 10.7. The Morgan fingerprint density at radius 3 is 2.89 bits per heavy atom. The zero-order chi connectivity index (χ0) is 13.1. The van der Waals surface area contributed by atoms with Crippen molar-refractivity contribution in [3.63, 3.8) is 0 Å². The molecule has 1 aromatic carbocycles. The van der Waals surface area contributed by atoms with Gasteiger partial charge in [0, 0.05) is 30.7 Å². The molecule has 0 spiro atoms. The number of pyridine rings is 1. The molecule has 3 rings (SSSR count). The molecule has 0 aliphatic rings. The normalized spacial score (nSPS) is 11.0. The lowest BCUT2D eigenvalue weighted by Gasteiger charge is -2.06. The summed E-state index contributed by atoms with van der Waals surface area (Å²) in [4.78, 5) is 8.73. The third-order valence-electron chi connectivity index (χ3n) is 3.18. The van der Waals surface area contributed by atoms with Crippen LogP contribution in [-0.2, 0) is 13.0 Å². The molecule has 2 N–H and O–H groups in total. The fourth-order valence-corrected chi connectivity index (χ4v) is 2.26. The Morgan fingerprint density at radius 1 is 1.11 bits per heavy atom. The SMILES string of the molecule is NCCc1cn(Cc2ccnc3ccccc23)cn1. The summed E-state index contributed by atoms with van der Waals surface area (Å²) in [5.74, 6) is 0. The summed E-state index contributed by atoms with van der Waals surface area (Å²) >= 11 is 0. The molecule has 4 nitrogen and oxygen atoms in total. The summed E-state index contributed by atoms with van der Waals surface area (Å²) in [6.45, 7) is 1.44. The first-order valence-electron chi connectivity index (χ1n) is 6.40. The van der Waals surface area contributed by atoms with E-state index in [1.54, 1.807) is 0 Å². The zero-order valence-electron chi connectivity index (χ0n) is 10.7. The van der Waals surface area contributed by atoms with Gasteiger partial charge in [0.15, 0.2) is 0 Å². The van der Waals surface area contributed by atoms with Crippen LogP contribution in [-0.4, -0.2) is 21.1 Å². The van der Waals surface area contributed by atoms with Gasteiger partial charge in [0.05, 0.1) is 17.5 Å². The van der Waals surface area contributed by atoms with E-state index in [4.69, 9.17) is 5.73 Å². The minimum atomic E-state index is 0.634. The van der Waals surface area contributed by atoms with E-state index < -0.39 is 0 Å². The van der Waals surface area contributed by atoms with Gasteiger partial charge in [-0.15, -0.1) is 0 Å². The Hall–Kier alpha value is -2.20. The third-order valence-corrected chi connectivity index (χ3v) is 3.18. The number of hydrogen-bond donors (Lipinski definition) is 1. The number of rotatable bonds is 4. The molecule has 0 saturated heterocycles. The average Bonchev–Trinajstić information content (AvgIpc) is 2.87. The quantitative estimate of drug-likeness (QED) is 0.772. The minimum absolute atomic E-state index is 0.634. The van der Waals surface area contributed by atoms with Gasteiger partial charge in [0.2, 0.25) is 0 Å². The summed E-state index contributed by atoms with van der Waals surface area (Å²) in [7, 11) is 0. The van der Waals surface area contributed by atoms with Crippen LogP contribution < -0.4 is 5.73 Å². The standard InChI is InChI=1S/C15H16N4/c16-7-5-13-10-19(11-18-13)9-12-6-8-17-15-4-2-1-3-14(12)15/h1-4,6,8,10-11H,5,7,9,16H2. The summed E-state index contributed by atoms with van der Waals surface area (Å²) in [6, 6.07) is 10.3. The van der Waals surface area contributed by atoms with Gasteiger partial charge in [-0.05, 0) is 24.2 Å². The van der Waals surface area contributed by atoms with E-state index in [0.29, 0.717) is 6.54 Å². The second kappa shape index (κ2) is 5.20. The molecule has 0 bridgehead atoms. The van der Waals surface area contributed by atoms with Crippen molar-refractivity contribution in [3.8, 4) is 0 Å². The highest BCUT2D eigenvalue weighted by Crippen LogP contribution is 2.17. The maximum Gasteiger partial charge on any atom is 0.0952 e. The monoisotopic (exact) mass is 252 g/mol. The molecule has 0 saturated carbocycles. The van der Waals surface area contributed by atoms with Crippen molar-refractivity contribution in [3.05, 3.63) is 60.3 Å². The topological polar surface area (TPSA) is 56.7 Å². The summed E-state index contributed by atoms with van der Waals surface area (Å²) in [5.41, 5.74) is 8.86. The van der Waals surface area contributed by atoms with Crippen LogP contribution >= 0.6 is 0 Å². The van der Waals surface area contributed by atoms with Gasteiger partial charge in [-0.3, -0.25) is 4.98 Å². The number of benzene rings is 1. The van der Waals surface area contributed by atoms with E-state index in [0.717, 1.165) is 24.2 Å². The van der Waals surface area contributed by atoms with E-state index in [2.05, 4.69) is 32.9 Å². The molecule has 19 heavy (non-hydrogen) atoms. The predicted octanol–water partition coefficient (Wildman–Crippen LogP) is 1.98. The number of nitrogens with zero attached hydrogens (tertiary/aromatic N) is 3. The van der Waals surface area contributed by atoms with Crippen molar-refractivity contribution >= 4 is 10.9 Å². The summed E-state index contributed by atoms with van der Waals surface area (Å²) in [5, 5.41) is 1.19. The summed E-state index contributed by atoms with van der Waals surface area (Å²) in [6.07, 6.45) is 6.60. The molecule has 0 unspecified atom stereocenters. The van der Waals surface area contributed by atoms with Gasteiger partial charge in [0.1, 0.15) is 0 Å². The number of imidazole rings is 1. The van der Waals surface area contributed by atoms with Gasteiger partial charge >= 0.3 is 0 Å². The fraction of sp³-hybridized carbons (Fsp3) is 0.200. The van der Waals surface area contributed by atoms with Gasteiger partial charge in [0.25, 0.3) is 0 Å². The van der Waals surface area contributed by atoms with Crippen LogP contribution in [0.3, 0.4) is 0 Å². The lowest BCUT2D eigenvalue weighted by atomic mass is 10.1. The first-order chi connectivity index (χ1) is 9.36. The molecule has 0 atom stereocenters. The maximum atomic E-state index is 5.54. The summed E-state index contributed by atoms with van der Waals surface area (Å²) < 4.78 is 2.09. The van der Waals surface area contributed by atoms with Gasteiger partial charge in [-0.1, -0.05) is 18.2 Å². The molecule has 0 amide bonds. The van der Waals surface area contributed by atoms with Crippen LogP contribution in [0.25, 0.3) is 10.9 Å². The highest BCUT2D eigenvalue weighted by atomic mass is 15.0. The number of aromatic nitrogens is 3. The van der Waals surface area contributed by atoms with E-state index in [9.17, 15) is 0 Å². The van der Waals surface area contributed by atoms with Gasteiger partial charge in [-0.25, -0.2) is 4.98 Å². The Labute approximate surface area is 111 Å². The molecule has 2 aromatic heterocycles. The largest absolute Gasteiger partial charge is 0.333 e. The Bertz CT molecular complexity index is 682. The first-order valence-corrected chi connectivity index (χ1v) is 6.40. The molecule has 4 heteroatoms. The molecular formula is C15H16N4. The Morgan fingerprint density at radius 2 is 2.00 bits per heavy atom. The maximum absolute atomic E-state index is 5.54. The van der Waals surface area contributed by atoms with Crippen molar-refractivity contribution in [2.45, 2.75) is 13.0 Å². The molecular weight excluding hydrogens is 236 g/mol. The lowest BCUT2D eigenvalue weighted by molar-refractivity contribution is 0.800. The fourth-order valence-electron chi connectivity index (χ4n) is 2.26. The van der Waals surface area contributed by atoms with Crippen molar-refractivity contribution in [1.82, 2.24) is 14.5 Å². The third kappa shape index (κ3) is 2.48. The van der Waals surface area contributed by atoms with E-state index in [-0.39, 0.29) is 0 Å². The van der Waals surface area contributed by atoms with Gasteiger partial charge < -0.3 is 10.3 Å². The van der Waals surface area contributed by atoms with Crippen LogP contribution in [0.4, 0.5) is 0 Å². The lowest BCUT2D eigenvalue weighted by Crippen LogP contribution is -2.03. The highest BCUT2D eigenvalue weighted by molar-refractivity contribution is 5.81. The smallest absolute Gasteiger partial charge is 0.0952 e. The number of para-hydroxylation sites is 1. The Balaban J connectivity index is 1.92. The van der Waals surface area contributed by atoms with Crippen LogP contribution in [0.1, 0.15) is 11.3 Å². The predicted molar refractivity (Wildman–Crippen MR) is 75.8 cm³/mol. The number of nitrogens with two attached hydrogens (primary N) is 1. The van der Waals surface area contributed by atoms with Crippen molar-refractivity contribution < 1.29 is 0 Å². The molecule has 0 aliphatic carbocycles. The van der Waals surface area contributed by atoms with Crippen molar-refractivity contribution in [2.24, 2.45) is 5.73 Å². The molecule has 0 fully saturated rings. The van der Waals surface area contributed by atoms with E-state index in [1.165, 1.54) is 10.9 Å². The molecule has 2 heterocycles. The van der Waals surface area contributed by atoms with Crippen LogP contribution in [0, 0.1) is 0 Å². The molecule has 3 aromatic rings. The van der Waals surface area contributed by atoms with Crippen molar-refractivity contribution in [2.75, 3.05) is 6.54 Å². The molecule has 0 radical (unpaired) electrons. The second-order valence-electron chi connectivity index (χ2n) is 4.56. The Kier molecular flexibility index (Phi) is 3.25. The average molecular weight is 252 g/mol. The van der Waals surface area contributed by atoms with Crippen molar-refractivity contribution in [1.29, 1.82) is 0 Å². The van der Waals surface area contributed by atoms with Crippen LogP contribution in [0.2, 0.25) is 0 Å². The first kappa shape index (κ1) is 11.9. The number of fused-ring (bicyclic) bond motifs is 1. The highest BCUT2D eigenvalue weighted by Gasteiger charge is 2.03. The minimum Gasteiger partial charge on any atom is -0.333 e. The van der Waals surface area contributed by atoms with Gasteiger partial charge in [-0.2, -0.15) is 0 Å². The van der Waals surface area contributed by atoms with E-state index >= 15 is 0 Å². The van der Waals surface area contributed by atoms with E-state index in [1.807, 2.05) is 30.7 Å². The number of hydrogen-bond acceptors (Lipinski definition) is 3. The second-order valence-corrected chi connectivity index (χ2v) is 4.56. The van der Waals surface area contributed by atoms with Crippen LogP contribution in [0.5, 0.6) is 0 Å².